The van der Waals surface area contributed by atoms with Crippen LogP contribution < -0.4 is 10.6 Å². The Morgan fingerprint density at radius 1 is 1.16 bits per heavy atom. The molecule has 3 rings (SSSR count). The van der Waals surface area contributed by atoms with E-state index in [1.807, 2.05) is 37.3 Å². The van der Waals surface area contributed by atoms with Gasteiger partial charge in [-0.25, -0.2) is 4.79 Å². The molecule has 0 saturated carbocycles. The van der Waals surface area contributed by atoms with Crippen LogP contribution in [-0.4, -0.2) is 101 Å². The molecule has 2 aromatic carbocycles. The molecule has 0 aromatic heterocycles. The van der Waals surface area contributed by atoms with Crippen LogP contribution in [0.15, 0.2) is 59.8 Å². The van der Waals surface area contributed by atoms with Crippen LogP contribution in [0.4, 0.5) is 0 Å². The van der Waals surface area contributed by atoms with Crippen molar-refractivity contribution in [3.63, 3.8) is 0 Å². The molecule has 4 N–H and O–H groups in total. The van der Waals surface area contributed by atoms with Crippen LogP contribution in [0, 0.1) is 9.81 Å². The topological polar surface area (TPSA) is 184 Å². The second kappa shape index (κ2) is 16.5. The Balaban J connectivity index is 1.79. The molecule has 13 nitrogen and oxygen atoms in total. The Kier molecular flexibility index (Phi) is 13.1. The molecule has 0 bridgehead atoms. The van der Waals surface area contributed by atoms with E-state index < -0.39 is 66.9 Å². The third kappa shape index (κ3) is 8.99. The zero-order chi connectivity index (χ0) is 32.3. The fourth-order valence-corrected chi connectivity index (χ4v) is 5.56. The molecule has 1 heterocycles. The lowest BCUT2D eigenvalue weighted by molar-refractivity contribution is -0.470. The van der Waals surface area contributed by atoms with Crippen molar-refractivity contribution in [2.75, 3.05) is 31.7 Å². The maximum absolute atomic E-state index is 13.1. The lowest BCUT2D eigenvalue weighted by Crippen LogP contribution is -2.68. The van der Waals surface area contributed by atoms with Crippen LogP contribution >= 0.6 is 11.8 Å². The number of nitrogens with zero attached hydrogens (tertiary/aromatic N) is 2. The number of hydrogen-bond donors (Lipinski definition) is 4. The Morgan fingerprint density at radius 2 is 1.82 bits per heavy atom. The third-order valence-electron chi connectivity index (χ3n) is 7.11. The predicted octanol–water partition coefficient (Wildman–Crippen LogP) is 2.03. The van der Waals surface area contributed by atoms with Gasteiger partial charge in [0, 0.05) is 30.4 Å². The summed E-state index contributed by atoms with van der Waals surface area (Å²) in [4.78, 5) is 62.1. The van der Waals surface area contributed by atoms with Gasteiger partial charge in [0.25, 0.3) is 5.91 Å². The zero-order valence-corrected chi connectivity index (χ0v) is 25.7. The molecule has 2 aromatic rings. The summed E-state index contributed by atoms with van der Waals surface area (Å²) in [6, 6.07) is 13.3. The molecular formula is C30H39N4O9S+. The number of nitroso groups, excluding NO2 is 2. The molecule has 44 heavy (non-hydrogen) atoms. The summed E-state index contributed by atoms with van der Waals surface area (Å²) >= 11 is 1.64. The normalized spacial score (nSPS) is 22.8. The maximum atomic E-state index is 13.1. The summed E-state index contributed by atoms with van der Waals surface area (Å²) < 4.78 is 11.7. The van der Waals surface area contributed by atoms with Gasteiger partial charge in [-0.15, -0.1) is 0 Å². The highest BCUT2D eigenvalue weighted by Gasteiger charge is 2.60. The summed E-state index contributed by atoms with van der Waals surface area (Å²) in [5.41, 5.74) is 2.17. The van der Waals surface area contributed by atoms with Crippen molar-refractivity contribution in [1.82, 2.24) is 10.6 Å². The Labute approximate surface area is 259 Å². The number of ether oxygens (including phenoxy) is 2. The third-order valence-corrected chi connectivity index (χ3v) is 8.09. The minimum atomic E-state index is -2.31. The van der Waals surface area contributed by atoms with E-state index in [2.05, 4.69) is 15.8 Å². The first-order valence-electron chi connectivity index (χ1n) is 14.3. The Morgan fingerprint density at radius 3 is 2.41 bits per heavy atom. The van der Waals surface area contributed by atoms with Crippen molar-refractivity contribution in [3.8, 4) is 11.1 Å². The molecule has 6 unspecified atom stereocenters. The fraction of sp³-hybridized carbons (Fsp3) is 0.500. The van der Waals surface area contributed by atoms with Gasteiger partial charge < -0.3 is 30.3 Å². The molecule has 0 spiro atoms. The molecule has 14 heteroatoms. The minimum Gasteiger partial charge on any atom is -0.391 e. The molecule has 1 saturated heterocycles. The smallest absolute Gasteiger partial charge is 0.391 e. The molecule has 238 valence electrons. The number of aliphatic hydroxyl groups is 2. The summed E-state index contributed by atoms with van der Waals surface area (Å²) in [6.07, 6.45) is -4.85. The van der Waals surface area contributed by atoms with E-state index in [-0.39, 0.29) is 11.4 Å². The largest absolute Gasteiger partial charge is 0.491 e. The number of carbonyl (C=O) groups excluding carboxylic acids is 3. The molecule has 1 aliphatic heterocycles. The van der Waals surface area contributed by atoms with Gasteiger partial charge in [-0.2, -0.15) is 16.7 Å². The van der Waals surface area contributed by atoms with E-state index >= 15 is 0 Å². The Hall–Kier alpha value is -3.56. The first kappa shape index (κ1) is 34.9. The minimum absolute atomic E-state index is 0.00757. The quantitative estimate of drug-likeness (QED) is 0.129. The SMILES string of the molecule is CCSCCCOC1(C(=O)[N+](C)=O)CC(O)C(NC(C)=O)C(C(N=O)C(O)CNC(=O)c2ccc(-c3ccccc3)cc2)O1. The number of aliphatic hydroxyl groups excluding tert-OH is 2. The van der Waals surface area contributed by atoms with Gasteiger partial charge in [0.15, 0.2) is 7.05 Å². The number of rotatable bonds is 15. The number of thioether (sulfide) groups is 1. The standard InChI is InChI=1S/C30H38N4O9S/c1-4-44-16-8-15-42-30(29(39)34(3)41)17-23(36)25(32-19(2)35)27(43-30)26(33-40)24(37)18-31-28(38)22-13-11-21(12-14-22)20-9-6-5-7-10-20/h5-7,9-14,23-27,36-37H,4,8,15-18H2,1-3H3,(H-,31,32,35,38)/p+1. The van der Waals surface area contributed by atoms with Crippen LogP contribution in [0.3, 0.4) is 0 Å². The molecule has 3 amide bonds. The summed E-state index contributed by atoms with van der Waals surface area (Å²) in [5, 5.41) is 30.1. The van der Waals surface area contributed by atoms with Gasteiger partial charge in [0.1, 0.15) is 12.1 Å². The first-order valence-corrected chi connectivity index (χ1v) is 15.4. The van der Waals surface area contributed by atoms with Crippen molar-refractivity contribution in [3.05, 3.63) is 70.0 Å². The molecule has 1 aliphatic rings. The van der Waals surface area contributed by atoms with Crippen molar-refractivity contribution in [2.24, 2.45) is 5.18 Å². The van der Waals surface area contributed by atoms with Crippen molar-refractivity contribution in [1.29, 1.82) is 0 Å². The number of hydrogen-bond acceptors (Lipinski definition) is 11. The summed E-state index contributed by atoms with van der Waals surface area (Å²) in [7, 11) is 0.942. The van der Waals surface area contributed by atoms with E-state index in [1.54, 1.807) is 36.0 Å². The highest BCUT2D eigenvalue weighted by molar-refractivity contribution is 7.99. The monoisotopic (exact) mass is 631 g/mol. The second-order valence-corrected chi connectivity index (χ2v) is 11.7. The van der Waals surface area contributed by atoms with E-state index in [0.717, 1.165) is 23.9 Å². The number of likely N-dealkylation sites (N-methyl/N-ethyl adjacent to an activating group) is 1. The van der Waals surface area contributed by atoms with E-state index in [0.29, 0.717) is 17.7 Å². The van der Waals surface area contributed by atoms with Crippen molar-refractivity contribution >= 4 is 29.5 Å². The van der Waals surface area contributed by atoms with E-state index in [4.69, 9.17) is 9.47 Å². The van der Waals surface area contributed by atoms with Crippen molar-refractivity contribution < 1.29 is 38.8 Å². The van der Waals surface area contributed by atoms with Gasteiger partial charge in [-0.3, -0.25) is 9.59 Å². The average molecular weight is 632 g/mol. The predicted molar refractivity (Wildman–Crippen MR) is 164 cm³/mol. The van der Waals surface area contributed by atoms with Gasteiger partial charge in [0.2, 0.25) is 5.91 Å². The first-order chi connectivity index (χ1) is 21.0. The van der Waals surface area contributed by atoms with Crippen molar-refractivity contribution in [2.45, 2.75) is 62.9 Å². The fourth-order valence-electron chi connectivity index (χ4n) is 4.95. The van der Waals surface area contributed by atoms with Gasteiger partial charge >= 0.3 is 11.7 Å². The summed E-state index contributed by atoms with van der Waals surface area (Å²) in [6.45, 7) is 2.68. The maximum Gasteiger partial charge on any atom is 0.491 e. The van der Waals surface area contributed by atoms with E-state index in [1.165, 1.54) is 6.92 Å². The number of benzene rings is 2. The molecule has 6 atom stereocenters. The average Bonchev–Trinajstić information content (AvgIpc) is 3.01. The van der Waals surface area contributed by atoms with Crippen LogP contribution in [-0.2, 0) is 19.1 Å². The summed E-state index contributed by atoms with van der Waals surface area (Å²) in [5.74, 6) is -3.05. The number of nitrogens with one attached hydrogen (secondary N) is 2. The highest BCUT2D eigenvalue weighted by Crippen LogP contribution is 2.35. The molecule has 1 fully saturated rings. The van der Waals surface area contributed by atoms with Crippen LogP contribution in [0.5, 0.6) is 0 Å². The Bertz CT molecular complexity index is 1300. The number of carbonyl (C=O) groups is 3. The van der Waals surface area contributed by atoms with Gasteiger partial charge in [0.05, 0.1) is 29.6 Å². The lowest BCUT2D eigenvalue weighted by Gasteiger charge is -2.45. The number of amides is 3. The van der Waals surface area contributed by atoms with Crippen LogP contribution in [0.25, 0.3) is 11.1 Å². The molecule has 0 radical (unpaired) electrons. The van der Waals surface area contributed by atoms with Gasteiger partial charge in [-0.1, -0.05) is 54.6 Å². The van der Waals surface area contributed by atoms with Crippen LogP contribution in [0.2, 0.25) is 0 Å². The van der Waals surface area contributed by atoms with E-state index in [9.17, 15) is 34.4 Å². The lowest BCUT2D eigenvalue weighted by atomic mass is 9.87. The van der Waals surface area contributed by atoms with Crippen LogP contribution in [0.1, 0.15) is 37.0 Å². The molecule has 0 aliphatic carbocycles. The zero-order valence-electron chi connectivity index (χ0n) is 24.9. The van der Waals surface area contributed by atoms with Gasteiger partial charge in [-0.05, 0) is 41.2 Å². The second-order valence-electron chi connectivity index (χ2n) is 10.4. The molecular weight excluding hydrogens is 592 g/mol. The highest BCUT2D eigenvalue weighted by atomic mass is 32.2.